The van der Waals surface area contributed by atoms with Crippen LogP contribution in [0, 0.1) is 0 Å². The van der Waals surface area contributed by atoms with Gasteiger partial charge in [-0.2, -0.15) is 0 Å². The highest BCUT2D eigenvalue weighted by molar-refractivity contribution is 7.12. The van der Waals surface area contributed by atoms with Crippen molar-refractivity contribution in [2.75, 3.05) is 13.2 Å². The van der Waals surface area contributed by atoms with Crippen LogP contribution < -0.4 is 5.32 Å². The van der Waals surface area contributed by atoms with E-state index in [2.05, 4.69) is 5.32 Å². The molecule has 0 radical (unpaired) electrons. The molecule has 0 spiro atoms. The van der Waals surface area contributed by atoms with Gasteiger partial charge in [0.1, 0.15) is 0 Å². The number of rotatable bonds is 8. The second-order valence-corrected chi connectivity index (χ2v) is 5.09. The normalized spacial score (nSPS) is 12.6. The summed E-state index contributed by atoms with van der Waals surface area (Å²) in [6.45, 7) is 6.31. The fourth-order valence-corrected chi connectivity index (χ4v) is 2.48. The summed E-state index contributed by atoms with van der Waals surface area (Å²) in [5.74, 6) is -0.781. The van der Waals surface area contributed by atoms with Gasteiger partial charge >= 0.3 is 5.97 Å². The maximum atomic E-state index is 10.5. The van der Waals surface area contributed by atoms with Crippen LogP contribution in [0.1, 0.15) is 23.6 Å². The molecule has 5 heteroatoms. The molecular weight excluding hydrogens is 238 g/mol. The largest absolute Gasteiger partial charge is 0.481 e. The number of hydrogen-bond acceptors (Lipinski definition) is 4. The fourth-order valence-electron chi connectivity index (χ4n) is 1.50. The molecule has 1 rings (SSSR count). The maximum absolute atomic E-state index is 10.5. The van der Waals surface area contributed by atoms with Gasteiger partial charge in [0.05, 0.1) is 12.5 Å². The third kappa shape index (κ3) is 5.81. The Morgan fingerprint density at radius 2 is 2.24 bits per heavy atom. The summed E-state index contributed by atoms with van der Waals surface area (Å²) in [5, 5.41) is 11.9. The first kappa shape index (κ1) is 14.2. The molecule has 1 aromatic rings. The van der Waals surface area contributed by atoms with Crippen LogP contribution >= 0.6 is 11.3 Å². The van der Waals surface area contributed by atoms with E-state index in [4.69, 9.17) is 9.84 Å². The summed E-state index contributed by atoms with van der Waals surface area (Å²) in [6.07, 6.45) is 0.318. The molecule has 0 aliphatic carbocycles. The summed E-state index contributed by atoms with van der Waals surface area (Å²) in [5.41, 5.74) is 0. The van der Waals surface area contributed by atoms with Crippen LogP contribution in [0.15, 0.2) is 12.1 Å². The number of hydrogen-bond donors (Lipinski definition) is 2. The van der Waals surface area contributed by atoms with Crippen LogP contribution in [0.25, 0.3) is 0 Å². The Morgan fingerprint density at radius 3 is 2.88 bits per heavy atom. The monoisotopic (exact) mass is 257 g/mol. The minimum absolute atomic E-state index is 0.111. The molecule has 4 nitrogen and oxygen atoms in total. The lowest BCUT2D eigenvalue weighted by Crippen LogP contribution is -2.26. The zero-order valence-electron chi connectivity index (χ0n) is 10.2. The van der Waals surface area contributed by atoms with E-state index in [0.29, 0.717) is 0 Å². The number of nitrogens with one attached hydrogen (secondary N) is 1. The van der Waals surface area contributed by atoms with Gasteiger partial charge in [0.15, 0.2) is 0 Å². The van der Waals surface area contributed by atoms with Gasteiger partial charge < -0.3 is 15.2 Å². The smallest absolute Gasteiger partial charge is 0.308 e. The van der Waals surface area contributed by atoms with Gasteiger partial charge in [-0.25, -0.2) is 0 Å². The van der Waals surface area contributed by atoms with Gasteiger partial charge in [-0.1, -0.05) is 0 Å². The van der Waals surface area contributed by atoms with Crippen LogP contribution in [-0.4, -0.2) is 30.3 Å². The molecular formula is C12H19NO3S. The molecule has 0 saturated heterocycles. The first-order valence-corrected chi connectivity index (χ1v) is 6.55. The van der Waals surface area contributed by atoms with Crippen LogP contribution in [0.4, 0.5) is 0 Å². The number of carboxylic acids is 1. The van der Waals surface area contributed by atoms with Crippen molar-refractivity contribution in [3.8, 4) is 0 Å². The molecule has 1 heterocycles. The summed E-state index contributed by atoms with van der Waals surface area (Å²) in [6, 6.07) is 3.85. The summed E-state index contributed by atoms with van der Waals surface area (Å²) >= 11 is 1.54. The molecule has 0 aromatic carbocycles. The fraction of sp³-hybridized carbons (Fsp3) is 0.583. The lowest BCUT2D eigenvalue weighted by Gasteiger charge is -2.11. The Morgan fingerprint density at radius 1 is 1.53 bits per heavy atom. The molecule has 0 bridgehead atoms. The number of ether oxygens (including phenoxy) is 1. The first-order chi connectivity index (χ1) is 8.11. The minimum Gasteiger partial charge on any atom is -0.481 e. The van der Waals surface area contributed by atoms with Gasteiger partial charge in [-0.3, -0.25) is 4.79 Å². The summed E-state index contributed by atoms with van der Waals surface area (Å²) in [7, 11) is 0. The lowest BCUT2D eigenvalue weighted by atomic mass is 10.3. The Hall–Kier alpha value is -0.910. The van der Waals surface area contributed by atoms with Crippen LogP contribution in [0.3, 0.4) is 0 Å². The third-order valence-electron chi connectivity index (χ3n) is 2.22. The van der Waals surface area contributed by atoms with Gasteiger partial charge in [0.25, 0.3) is 0 Å². The minimum atomic E-state index is -0.781. The van der Waals surface area contributed by atoms with Crippen molar-refractivity contribution in [1.82, 2.24) is 5.32 Å². The quantitative estimate of drug-likeness (QED) is 0.746. The van der Waals surface area contributed by atoms with Crippen molar-refractivity contribution in [2.24, 2.45) is 0 Å². The van der Waals surface area contributed by atoms with Crippen molar-refractivity contribution in [3.05, 3.63) is 21.9 Å². The van der Waals surface area contributed by atoms with Crippen molar-refractivity contribution < 1.29 is 14.6 Å². The van der Waals surface area contributed by atoms with Gasteiger partial charge in [-0.15, -0.1) is 11.3 Å². The summed E-state index contributed by atoms with van der Waals surface area (Å²) in [4.78, 5) is 12.6. The molecule has 0 saturated carbocycles. The van der Waals surface area contributed by atoms with Crippen molar-refractivity contribution in [2.45, 2.75) is 32.9 Å². The van der Waals surface area contributed by atoms with Crippen molar-refractivity contribution in [3.63, 3.8) is 0 Å². The molecule has 1 aromatic heterocycles. The molecule has 96 valence electrons. The van der Waals surface area contributed by atoms with Gasteiger partial charge in [0, 0.05) is 29.5 Å². The van der Waals surface area contributed by atoms with E-state index >= 15 is 0 Å². The van der Waals surface area contributed by atoms with Crippen LogP contribution in [-0.2, 0) is 22.5 Å². The first-order valence-electron chi connectivity index (χ1n) is 5.73. The number of carbonyl (C=O) groups is 1. The molecule has 0 aliphatic rings. The molecule has 2 N–H and O–H groups in total. The van der Waals surface area contributed by atoms with Gasteiger partial charge in [0.2, 0.25) is 0 Å². The molecule has 17 heavy (non-hydrogen) atoms. The van der Waals surface area contributed by atoms with E-state index in [9.17, 15) is 4.79 Å². The topological polar surface area (TPSA) is 58.6 Å². The Kier molecular flexibility index (Phi) is 6.18. The average Bonchev–Trinajstić information content (AvgIpc) is 2.65. The van der Waals surface area contributed by atoms with E-state index in [1.807, 2.05) is 26.0 Å². The second kappa shape index (κ2) is 7.42. The van der Waals surface area contributed by atoms with E-state index in [1.165, 1.54) is 0 Å². The zero-order chi connectivity index (χ0) is 12.7. The second-order valence-electron chi connectivity index (χ2n) is 3.84. The van der Waals surface area contributed by atoms with Crippen molar-refractivity contribution in [1.29, 1.82) is 0 Å². The molecule has 0 amide bonds. The maximum Gasteiger partial charge on any atom is 0.308 e. The number of aliphatic carboxylic acids is 1. The number of carboxylic acid groups (broad SMARTS) is 1. The highest BCUT2D eigenvalue weighted by Crippen LogP contribution is 2.16. The highest BCUT2D eigenvalue weighted by atomic mass is 32.1. The van der Waals surface area contributed by atoms with E-state index < -0.39 is 5.97 Å². The lowest BCUT2D eigenvalue weighted by molar-refractivity contribution is -0.136. The molecule has 1 atom stereocenters. The van der Waals surface area contributed by atoms with Gasteiger partial charge in [-0.05, 0) is 26.0 Å². The standard InChI is InChI=1S/C12H19NO3S/c1-3-16-9(2)7-13-8-11-5-4-10(17-11)6-12(14)15/h4-5,9,13H,3,6-8H2,1-2H3,(H,14,15). The van der Waals surface area contributed by atoms with E-state index in [1.54, 1.807) is 11.3 Å². The van der Waals surface area contributed by atoms with E-state index in [-0.39, 0.29) is 12.5 Å². The van der Waals surface area contributed by atoms with E-state index in [0.717, 1.165) is 29.5 Å². The molecule has 0 fully saturated rings. The highest BCUT2D eigenvalue weighted by Gasteiger charge is 2.05. The Bertz CT molecular complexity index is 351. The Balaban J connectivity index is 2.27. The molecule has 1 unspecified atom stereocenters. The SMILES string of the molecule is CCOC(C)CNCc1ccc(CC(=O)O)s1. The predicted molar refractivity (Wildman–Crippen MR) is 68.5 cm³/mol. The molecule has 0 aliphatic heterocycles. The van der Waals surface area contributed by atoms with Crippen LogP contribution in [0.2, 0.25) is 0 Å². The number of thiophene rings is 1. The average molecular weight is 257 g/mol. The Labute approximate surface area is 106 Å². The zero-order valence-corrected chi connectivity index (χ0v) is 11.0. The van der Waals surface area contributed by atoms with Crippen molar-refractivity contribution >= 4 is 17.3 Å². The third-order valence-corrected chi connectivity index (χ3v) is 3.31. The summed E-state index contributed by atoms with van der Waals surface area (Å²) < 4.78 is 5.40. The van der Waals surface area contributed by atoms with Crippen LogP contribution in [0.5, 0.6) is 0 Å². The predicted octanol–water partition coefficient (Wildman–Crippen LogP) is 1.89.